The minimum Gasteiger partial charge on any atom is -0.378 e. The Morgan fingerprint density at radius 3 is 2.62 bits per heavy atom. The topological polar surface area (TPSA) is 21.3 Å². The third kappa shape index (κ3) is 4.52. The number of aryl methyl sites for hydroxylation is 2. The molecule has 0 amide bonds. The second-order valence-corrected chi connectivity index (χ2v) is 6.17. The molecular weight excluding hydrogens is 265 g/mol. The average molecular weight is 293 g/mol. The maximum Gasteiger partial charge on any atom is 0.123 e. The molecule has 0 bridgehead atoms. The first-order chi connectivity index (χ1) is 10.1. The van der Waals surface area contributed by atoms with Gasteiger partial charge >= 0.3 is 0 Å². The molecule has 0 saturated carbocycles. The Morgan fingerprint density at radius 1 is 1.33 bits per heavy atom. The maximum absolute atomic E-state index is 13.5. The molecule has 1 heterocycles. The van der Waals surface area contributed by atoms with Crippen LogP contribution in [0.2, 0.25) is 0 Å². The standard InChI is InChI=1S/C18H28FNO/c1-4-9-20-17(8-7-16-6-5-10-21-16)18-13(2)11-15(19)12-14(18)3/h11-12,16-17,20H,4-10H2,1-3H3. The predicted molar refractivity (Wildman–Crippen MR) is 85.1 cm³/mol. The van der Waals surface area contributed by atoms with Gasteiger partial charge in [-0.05, 0) is 81.3 Å². The summed E-state index contributed by atoms with van der Waals surface area (Å²) >= 11 is 0. The third-order valence-corrected chi connectivity index (χ3v) is 4.35. The van der Waals surface area contributed by atoms with E-state index >= 15 is 0 Å². The average Bonchev–Trinajstić information content (AvgIpc) is 2.93. The van der Waals surface area contributed by atoms with E-state index in [0.29, 0.717) is 12.1 Å². The number of rotatable bonds is 7. The van der Waals surface area contributed by atoms with Crippen LogP contribution in [-0.2, 0) is 4.74 Å². The van der Waals surface area contributed by atoms with Crippen LogP contribution in [0, 0.1) is 19.7 Å². The lowest BCUT2D eigenvalue weighted by atomic mass is 9.91. The van der Waals surface area contributed by atoms with Crippen molar-refractivity contribution in [2.75, 3.05) is 13.2 Å². The fourth-order valence-corrected chi connectivity index (χ4v) is 3.36. The fourth-order valence-electron chi connectivity index (χ4n) is 3.36. The smallest absolute Gasteiger partial charge is 0.123 e. The number of ether oxygens (including phenoxy) is 1. The Labute approximate surface area is 128 Å². The molecule has 0 aromatic heterocycles. The summed E-state index contributed by atoms with van der Waals surface area (Å²) in [5.74, 6) is -0.137. The van der Waals surface area contributed by atoms with Gasteiger partial charge in [0.1, 0.15) is 5.82 Å². The molecule has 118 valence electrons. The minimum atomic E-state index is -0.137. The molecule has 1 fully saturated rings. The van der Waals surface area contributed by atoms with E-state index in [2.05, 4.69) is 12.2 Å². The summed E-state index contributed by atoms with van der Waals surface area (Å²) in [6.45, 7) is 8.10. The van der Waals surface area contributed by atoms with Crippen molar-refractivity contribution in [3.05, 3.63) is 34.6 Å². The summed E-state index contributed by atoms with van der Waals surface area (Å²) in [5, 5.41) is 3.63. The highest BCUT2D eigenvalue weighted by Crippen LogP contribution is 2.29. The van der Waals surface area contributed by atoms with Gasteiger partial charge in [0.05, 0.1) is 6.10 Å². The number of nitrogens with one attached hydrogen (secondary N) is 1. The van der Waals surface area contributed by atoms with Crippen LogP contribution in [0.15, 0.2) is 12.1 Å². The van der Waals surface area contributed by atoms with Gasteiger partial charge in [-0.1, -0.05) is 6.92 Å². The highest BCUT2D eigenvalue weighted by atomic mass is 19.1. The highest BCUT2D eigenvalue weighted by molar-refractivity contribution is 5.37. The van der Waals surface area contributed by atoms with Crippen molar-refractivity contribution >= 4 is 0 Å². The molecule has 1 aromatic rings. The van der Waals surface area contributed by atoms with Gasteiger partial charge in [0.25, 0.3) is 0 Å². The molecule has 2 unspecified atom stereocenters. The van der Waals surface area contributed by atoms with E-state index in [1.807, 2.05) is 13.8 Å². The van der Waals surface area contributed by atoms with Crippen LogP contribution in [0.3, 0.4) is 0 Å². The molecule has 1 aromatic carbocycles. The van der Waals surface area contributed by atoms with E-state index in [9.17, 15) is 4.39 Å². The molecular formula is C18H28FNO. The summed E-state index contributed by atoms with van der Waals surface area (Å²) in [4.78, 5) is 0. The van der Waals surface area contributed by atoms with Crippen molar-refractivity contribution < 1.29 is 9.13 Å². The molecule has 1 N–H and O–H groups in total. The molecule has 0 aliphatic carbocycles. The molecule has 0 spiro atoms. The van der Waals surface area contributed by atoms with Gasteiger partial charge in [-0.25, -0.2) is 4.39 Å². The van der Waals surface area contributed by atoms with Gasteiger partial charge in [0.2, 0.25) is 0 Å². The van der Waals surface area contributed by atoms with Gasteiger partial charge in [0, 0.05) is 12.6 Å². The summed E-state index contributed by atoms with van der Waals surface area (Å²) < 4.78 is 19.3. The second kappa shape index (κ2) is 7.90. The number of benzene rings is 1. The maximum atomic E-state index is 13.5. The Hall–Kier alpha value is -0.930. The molecule has 21 heavy (non-hydrogen) atoms. The molecule has 2 rings (SSSR count). The van der Waals surface area contributed by atoms with Gasteiger partial charge in [-0.15, -0.1) is 0 Å². The Morgan fingerprint density at radius 2 is 2.05 bits per heavy atom. The number of hydrogen-bond donors (Lipinski definition) is 1. The Bertz CT molecular complexity index is 432. The van der Waals surface area contributed by atoms with Crippen molar-refractivity contribution in [1.29, 1.82) is 0 Å². The zero-order valence-electron chi connectivity index (χ0n) is 13.5. The molecule has 2 nitrogen and oxygen atoms in total. The van der Waals surface area contributed by atoms with E-state index in [-0.39, 0.29) is 5.82 Å². The SMILES string of the molecule is CCCNC(CCC1CCCO1)c1c(C)cc(F)cc1C. The van der Waals surface area contributed by atoms with Crippen LogP contribution in [0.5, 0.6) is 0 Å². The predicted octanol–water partition coefficient (Wildman–Crippen LogP) is 4.44. The van der Waals surface area contributed by atoms with Gasteiger partial charge < -0.3 is 10.1 Å². The molecule has 1 saturated heterocycles. The Kier molecular flexibility index (Phi) is 6.19. The van der Waals surface area contributed by atoms with Crippen molar-refractivity contribution in [2.45, 2.75) is 65.0 Å². The molecule has 1 aliphatic heterocycles. The fraction of sp³-hybridized carbons (Fsp3) is 0.667. The molecule has 3 heteroatoms. The Balaban J connectivity index is 2.10. The van der Waals surface area contributed by atoms with Crippen LogP contribution in [-0.4, -0.2) is 19.3 Å². The first-order valence-electron chi connectivity index (χ1n) is 8.23. The third-order valence-electron chi connectivity index (χ3n) is 4.35. The van der Waals surface area contributed by atoms with E-state index in [0.717, 1.165) is 43.5 Å². The molecule has 0 radical (unpaired) electrons. The lowest BCUT2D eigenvalue weighted by Crippen LogP contribution is -2.25. The lowest BCUT2D eigenvalue weighted by molar-refractivity contribution is 0.0995. The van der Waals surface area contributed by atoms with Crippen molar-refractivity contribution in [2.24, 2.45) is 0 Å². The monoisotopic (exact) mass is 293 g/mol. The van der Waals surface area contributed by atoms with Crippen molar-refractivity contribution in [3.8, 4) is 0 Å². The first kappa shape index (κ1) is 16.4. The van der Waals surface area contributed by atoms with E-state index in [1.54, 1.807) is 12.1 Å². The zero-order valence-corrected chi connectivity index (χ0v) is 13.5. The second-order valence-electron chi connectivity index (χ2n) is 6.17. The number of halogens is 1. The van der Waals surface area contributed by atoms with E-state index in [4.69, 9.17) is 4.74 Å². The molecule has 1 aliphatic rings. The van der Waals surface area contributed by atoms with Crippen molar-refractivity contribution in [1.82, 2.24) is 5.32 Å². The largest absolute Gasteiger partial charge is 0.378 e. The lowest BCUT2D eigenvalue weighted by Gasteiger charge is -2.24. The summed E-state index contributed by atoms with van der Waals surface area (Å²) in [7, 11) is 0. The summed E-state index contributed by atoms with van der Waals surface area (Å²) in [6.07, 6.45) is 6.02. The number of hydrogen-bond acceptors (Lipinski definition) is 2. The summed E-state index contributed by atoms with van der Waals surface area (Å²) in [5.41, 5.74) is 3.37. The quantitative estimate of drug-likeness (QED) is 0.802. The van der Waals surface area contributed by atoms with Crippen LogP contribution < -0.4 is 5.32 Å². The zero-order chi connectivity index (χ0) is 15.2. The van der Waals surface area contributed by atoms with Crippen molar-refractivity contribution in [3.63, 3.8) is 0 Å². The van der Waals surface area contributed by atoms with Gasteiger partial charge in [-0.3, -0.25) is 0 Å². The minimum absolute atomic E-state index is 0.137. The van der Waals surface area contributed by atoms with Crippen LogP contribution >= 0.6 is 0 Å². The van der Waals surface area contributed by atoms with Crippen LogP contribution in [0.25, 0.3) is 0 Å². The summed E-state index contributed by atoms with van der Waals surface area (Å²) in [6, 6.07) is 3.60. The van der Waals surface area contributed by atoms with Crippen LogP contribution in [0.1, 0.15) is 61.8 Å². The van der Waals surface area contributed by atoms with E-state index in [1.165, 1.54) is 18.4 Å². The normalized spacial score (nSPS) is 19.9. The highest BCUT2D eigenvalue weighted by Gasteiger charge is 2.21. The van der Waals surface area contributed by atoms with Crippen LogP contribution in [0.4, 0.5) is 4.39 Å². The molecule has 2 atom stereocenters. The first-order valence-corrected chi connectivity index (χ1v) is 8.23. The van der Waals surface area contributed by atoms with Gasteiger partial charge in [0.15, 0.2) is 0 Å². The van der Waals surface area contributed by atoms with Gasteiger partial charge in [-0.2, -0.15) is 0 Å². The van der Waals surface area contributed by atoms with E-state index < -0.39 is 0 Å².